The zero-order chi connectivity index (χ0) is 9.02. The average Bonchev–Trinajstić information content (AvgIpc) is 1.87. The fraction of sp³-hybridized carbons (Fsp3) is 0.833. The Morgan fingerprint density at radius 3 is 2.36 bits per heavy atom. The summed E-state index contributed by atoms with van der Waals surface area (Å²) in [6, 6.07) is -1.00. The van der Waals surface area contributed by atoms with Gasteiger partial charge < -0.3 is 10.8 Å². The Morgan fingerprint density at radius 2 is 2.09 bits per heavy atom. The van der Waals surface area contributed by atoms with Gasteiger partial charge >= 0.3 is 5.97 Å². The summed E-state index contributed by atoms with van der Waals surface area (Å²) in [6.45, 7) is 3.54. The van der Waals surface area contributed by atoms with Gasteiger partial charge in [0.2, 0.25) is 0 Å². The smallest absolute Gasteiger partial charge is 0.321 e. The molecule has 2 atom stereocenters. The summed E-state index contributed by atoms with van der Waals surface area (Å²) < 4.78 is 11.0. The zero-order valence-corrected chi connectivity index (χ0v) is 7.43. The van der Waals surface area contributed by atoms with E-state index in [2.05, 4.69) is 0 Å². The van der Waals surface area contributed by atoms with Crippen LogP contribution >= 0.6 is 0 Å². The molecule has 0 aromatic carbocycles. The van der Waals surface area contributed by atoms with Crippen molar-refractivity contribution in [1.82, 2.24) is 0 Å². The summed E-state index contributed by atoms with van der Waals surface area (Å²) in [7, 11) is -1.13. The first kappa shape index (κ1) is 10.6. The van der Waals surface area contributed by atoms with Gasteiger partial charge in [-0.05, 0) is 0 Å². The molecule has 0 bridgehead atoms. The van der Waals surface area contributed by atoms with E-state index < -0.39 is 22.8 Å². The largest absolute Gasteiger partial charge is 0.480 e. The summed E-state index contributed by atoms with van der Waals surface area (Å²) in [4.78, 5) is 10.2. The van der Waals surface area contributed by atoms with Crippen LogP contribution in [0.5, 0.6) is 0 Å². The van der Waals surface area contributed by atoms with E-state index in [1.165, 1.54) is 0 Å². The molecule has 3 N–H and O–H groups in total. The number of carboxylic acid groups (broad SMARTS) is 1. The average molecular weight is 179 g/mol. The van der Waals surface area contributed by atoms with Crippen LogP contribution in [0.4, 0.5) is 0 Å². The number of carboxylic acids is 1. The Kier molecular flexibility index (Phi) is 4.29. The van der Waals surface area contributed by atoms with E-state index in [-0.39, 0.29) is 11.0 Å². The maximum atomic E-state index is 11.0. The molecule has 1 unspecified atom stereocenters. The highest BCUT2D eigenvalue weighted by Gasteiger charge is 2.16. The molecule has 0 rings (SSSR count). The van der Waals surface area contributed by atoms with Crippen molar-refractivity contribution in [2.75, 3.05) is 5.75 Å². The van der Waals surface area contributed by atoms with Gasteiger partial charge in [-0.2, -0.15) is 0 Å². The van der Waals surface area contributed by atoms with Crippen molar-refractivity contribution in [1.29, 1.82) is 0 Å². The summed E-state index contributed by atoms with van der Waals surface area (Å²) >= 11 is 0. The van der Waals surface area contributed by atoms with Crippen LogP contribution in [0.2, 0.25) is 0 Å². The van der Waals surface area contributed by atoms with Crippen LogP contribution in [0.1, 0.15) is 13.8 Å². The summed E-state index contributed by atoms with van der Waals surface area (Å²) in [5, 5.41) is 8.33. The van der Waals surface area contributed by atoms with Crippen LogP contribution in [0.3, 0.4) is 0 Å². The first-order valence-corrected chi connectivity index (χ1v) is 4.69. The molecule has 4 nitrogen and oxygen atoms in total. The first-order chi connectivity index (χ1) is 4.95. The van der Waals surface area contributed by atoms with Crippen molar-refractivity contribution >= 4 is 16.8 Å². The van der Waals surface area contributed by atoms with Crippen LogP contribution < -0.4 is 5.73 Å². The Bertz CT molecular complexity index is 169. The van der Waals surface area contributed by atoms with Gasteiger partial charge in [-0.25, -0.2) is 0 Å². The second kappa shape index (κ2) is 4.46. The molecule has 0 saturated heterocycles. The van der Waals surface area contributed by atoms with Gasteiger partial charge in [0, 0.05) is 21.8 Å². The second-order valence-corrected chi connectivity index (χ2v) is 4.58. The lowest BCUT2D eigenvalue weighted by Crippen LogP contribution is -2.36. The van der Waals surface area contributed by atoms with Crippen molar-refractivity contribution in [2.45, 2.75) is 25.1 Å². The van der Waals surface area contributed by atoms with Gasteiger partial charge in [0.05, 0.1) is 0 Å². The monoisotopic (exact) mass is 179 g/mol. The topological polar surface area (TPSA) is 80.4 Å². The molecule has 0 aliphatic rings. The molecule has 0 aromatic rings. The van der Waals surface area contributed by atoms with E-state index in [0.717, 1.165) is 0 Å². The third-order valence-corrected chi connectivity index (χ3v) is 2.93. The predicted molar refractivity (Wildman–Crippen MR) is 43.8 cm³/mol. The van der Waals surface area contributed by atoms with Crippen LogP contribution in [0, 0.1) is 0 Å². The van der Waals surface area contributed by atoms with Crippen molar-refractivity contribution in [3.8, 4) is 0 Å². The Balaban J connectivity index is 3.85. The molecule has 0 aliphatic heterocycles. The van der Waals surface area contributed by atoms with E-state index in [1.807, 2.05) is 0 Å². The molecule has 0 radical (unpaired) electrons. The Hall–Kier alpha value is -0.420. The van der Waals surface area contributed by atoms with Crippen LogP contribution in [-0.2, 0) is 15.6 Å². The Morgan fingerprint density at radius 1 is 1.64 bits per heavy atom. The summed E-state index contributed by atoms with van der Waals surface area (Å²) in [5.74, 6) is -1.06. The van der Waals surface area contributed by atoms with E-state index >= 15 is 0 Å². The molecule has 0 saturated carbocycles. The lowest BCUT2D eigenvalue weighted by Gasteiger charge is -2.07. The van der Waals surface area contributed by atoms with E-state index in [9.17, 15) is 9.00 Å². The molecule has 11 heavy (non-hydrogen) atoms. The SMILES string of the molecule is CC(C)S(=O)C[C@H](N)C(=O)O. The molecule has 0 heterocycles. The molecule has 0 amide bonds. The fourth-order valence-electron chi connectivity index (χ4n) is 0.441. The molecular formula is C6H13NO3S. The van der Waals surface area contributed by atoms with Crippen molar-refractivity contribution < 1.29 is 14.1 Å². The third kappa shape index (κ3) is 4.10. The van der Waals surface area contributed by atoms with Crippen molar-refractivity contribution in [3.63, 3.8) is 0 Å². The fourth-order valence-corrected chi connectivity index (χ4v) is 1.32. The molecule has 0 spiro atoms. The quantitative estimate of drug-likeness (QED) is 0.613. The van der Waals surface area contributed by atoms with Gasteiger partial charge in [-0.1, -0.05) is 13.8 Å². The number of nitrogens with two attached hydrogens (primary N) is 1. The van der Waals surface area contributed by atoms with Gasteiger partial charge in [-0.15, -0.1) is 0 Å². The normalized spacial score (nSPS) is 16.4. The lowest BCUT2D eigenvalue weighted by atomic mass is 10.4. The summed E-state index contributed by atoms with van der Waals surface area (Å²) in [6.07, 6.45) is 0. The van der Waals surface area contributed by atoms with Crippen LogP contribution in [-0.4, -0.2) is 32.3 Å². The van der Waals surface area contributed by atoms with Gasteiger partial charge in [0.1, 0.15) is 6.04 Å². The third-order valence-electron chi connectivity index (χ3n) is 1.19. The number of hydrogen-bond donors (Lipinski definition) is 2. The minimum Gasteiger partial charge on any atom is -0.480 e. The highest BCUT2D eigenvalue weighted by molar-refractivity contribution is 7.85. The number of aliphatic carboxylic acids is 1. The molecule has 0 fully saturated rings. The van der Waals surface area contributed by atoms with Crippen LogP contribution in [0.15, 0.2) is 0 Å². The predicted octanol–water partition coefficient (Wildman–Crippen LogP) is -0.445. The first-order valence-electron chi connectivity index (χ1n) is 3.30. The number of carbonyl (C=O) groups is 1. The van der Waals surface area contributed by atoms with Crippen molar-refractivity contribution in [2.24, 2.45) is 5.73 Å². The molecular weight excluding hydrogens is 166 g/mol. The molecule has 0 aromatic heterocycles. The maximum Gasteiger partial charge on any atom is 0.321 e. The van der Waals surface area contributed by atoms with Crippen molar-refractivity contribution in [3.05, 3.63) is 0 Å². The second-order valence-electron chi connectivity index (χ2n) is 2.54. The standard InChI is InChI=1S/C6H13NO3S/c1-4(2)11(10)3-5(7)6(8)9/h4-5H,3,7H2,1-2H3,(H,8,9)/t5-,11?/m0/s1. The lowest BCUT2D eigenvalue weighted by molar-refractivity contribution is -0.137. The van der Waals surface area contributed by atoms with Crippen LogP contribution in [0.25, 0.3) is 0 Å². The minimum absolute atomic E-state index is 0.0274. The highest BCUT2D eigenvalue weighted by Crippen LogP contribution is 1.95. The maximum absolute atomic E-state index is 11.0. The molecule has 0 aliphatic carbocycles. The van der Waals surface area contributed by atoms with Gasteiger partial charge in [0.15, 0.2) is 0 Å². The van der Waals surface area contributed by atoms with E-state index in [0.29, 0.717) is 0 Å². The van der Waals surface area contributed by atoms with Gasteiger partial charge in [-0.3, -0.25) is 9.00 Å². The number of rotatable bonds is 4. The molecule has 66 valence electrons. The molecule has 5 heteroatoms. The zero-order valence-electron chi connectivity index (χ0n) is 6.61. The number of hydrogen-bond acceptors (Lipinski definition) is 3. The summed E-state index contributed by atoms with van der Waals surface area (Å²) in [5.41, 5.74) is 5.16. The van der Waals surface area contributed by atoms with E-state index in [1.54, 1.807) is 13.8 Å². The van der Waals surface area contributed by atoms with Gasteiger partial charge in [0.25, 0.3) is 0 Å². The van der Waals surface area contributed by atoms with E-state index in [4.69, 9.17) is 10.8 Å². The highest BCUT2D eigenvalue weighted by atomic mass is 32.2. The minimum atomic E-state index is -1.13. The Labute approximate surface area is 68.2 Å².